The van der Waals surface area contributed by atoms with Crippen LogP contribution in [0.25, 0.3) is 0 Å². The molecule has 0 saturated carbocycles. The summed E-state index contributed by atoms with van der Waals surface area (Å²) in [5.41, 5.74) is 1.90. The number of rotatable bonds is 7. The first-order valence-corrected chi connectivity index (χ1v) is 7.49. The van der Waals surface area contributed by atoms with Gasteiger partial charge in [-0.15, -0.1) is 0 Å². The number of alkyl halides is 2. The third-order valence-electron chi connectivity index (χ3n) is 2.88. The number of thioether (sulfide) groups is 1. The number of para-hydroxylation sites is 1. The van der Waals surface area contributed by atoms with Gasteiger partial charge in [-0.3, -0.25) is 0 Å². The Hall–Kier alpha value is -1.49. The van der Waals surface area contributed by atoms with E-state index in [4.69, 9.17) is 0 Å². The lowest BCUT2D eigenvalue weighted by atomic mass is 10.3. The molecule has 0 radical (unpaired) electrons. The molecular formula is C15H18F2N2S. The maximum Gasteiger partial charge on any atom is 0.288 e. The van der Waals surface area contributed by atoms with Crippen LogP contribution in [0, 0.1) is 0 Å². The molecule has 20 heavy (non-hydrogen) atoms. The van der Waals surface area contributed by atoms with Gasteiger partial charge in [0.05, 0.1) is 0 Å². The molecule has 1 aromatic carbocycles. The van der Waals surface area contributed by atoms with Crippen LogP contribution in [-0.2, 0) is 13.1 Å². The largest absolute Gasteiger partial charge is 0.380 e. The Bertz CT molecular complexity index is 540. The fourth-order valence-electron chi connectivity index (χ4n) is 2.00. The van der Waals surface area contributed by atoms with Crippen molar-refractivity contribution in [2.24, 2.45) is 0 Å². The number of nitrogens with zero attached hydrogens (tertiary/aromatic N) is 1. The first-order valence-electron chi connectivity index (χ1n) is 6.61. The molecule has 2 nitrogen and oxygen atoms in total. The van der Waals surface area contributed by atoms with E-state index in [1.165, 1.54) is 0 Å². The van der Waals surface area contributed by atoms with Gasteiger partial charge in [0.15, 0.2) is 0 Å². The Morgan fingerprint density at radius 1 is 1.25 bits per heavy atom. The Kier molecular flexibility index (Phi) is 5.47. The van der Waals surface area contributed by atoms with Crippen LogP contribution >= 0.6 is 11.8 Å². The number of anilines is 1. The number of halogens is 2. The lowest BCUT2D eigenvalue weighted by Gasteiger charge is -2.10. The van der Waals surface area contributed by atoms with E-state index in [9.17, 15) is 8.78 Å². The van der Waals surface area contributed by atoms with Gasteiger partial charge >= 0.3 is 0 Å². The summed E-state index contributed by atoms with van der Waals surface area (Å²) in [7, 11) is 0. The van der Waals surface area contributed by atoms with Gasteiger partial charge in [-0.25, -0.2) is 0 Å². The zero-order valence-electron chi connectivity index (χ0n) is 11.4. The SMILES string of the molecule is CCCn1ccc(CNc2ccccc2SC(F)F)c1. The van der Waals surface area contributed by atoms with Crippen molar-refractivity contribution >= 4 is 17.4 Å². The first kappa shape index (κ1) is 14.9. The van der Waals surface area contributed by atoms with Gasteiger partial charge in [0.2, 0.25) is 0 Å². The molecule has 0 amide bonds. The number of benzene rings is 1. The Labute approximate surface area is 122 Å². The van der Waals surface area contributed by atoms with E-state index in [-0.39, 0.29) is 0 Å². The van der Waals surface area contributed by atoms with Crippen molar-refractivity contribution in [2.75, 3.05) is 5.32 Å². The van der Waals surface area contributed by atoms with Crippen LogP contribution in [-0.4, -0.2) is 10.3 Å². The van der Waals surface area contributed by atoms with Crippen LogP contribution in [0.1, 0.15) is 18.9 Å². The monoisotopic (exact) mass is 296 g/mol. The minimum absolute atomic E-state index is 0.572. The van der Waals surface area contributed by atoms with Crippen molar-refractivity contribution in [3.05, 3.63) is 48.3 Å². The van der Waals surface area contributed by atoms with Crippen LogP contribution in [0.15, 0.2) is 47.6 Å². The minimum Gasteiger partial charge on any atom is -0.380 e. The molecule has 0 bridgehead atoms. The van der Waals surface area contributed by atoms with E-state index >= 15 is 0 Å². The van der Waals surface area contributed by atoms with Gasteiger partial charge < -0.3 is 9.88 Å². The number of aryl methyl sites for hydroxylation is 1. The summed E-state index contributed by atoms with van der Waals surface area (Å²) < 4.78 is 27.1. The first-order chi connectivity index (χ1) is 9.69. The van der Waals surface area contributed by atoms with Gasteiger partial charge in [0.1, 0.15) is 0 Å². The van der Waals surface area contributed by atoms with Gasteiger partial charge in [0.25, 0.3) is 5.76 Å². The third-order valence-corrected chi connectivity index (χ3v) is 3.67. The van der Waals surface area contributed by atoms with Crippen LogP contribution in [0.4, 0.5) is 14.5 Å². The molecule has 1 N–H and O–H groups in total. The highest BCUT2D eigenvalue weighted by atomic mass is 32.2. The highest BCUT2D eigenvalue weighted by Gasteiger charge is 2.09. The van der Waals surface area contributed by atoms with E-state index in [1.54, 1.807) is 12.1 Å². The highest BCUT2D eigenvalue weighted by molar-refractivity contribution is 7.99. The maximum absolute atomic E-state index is 12.5. The molecule has 108 valence electrons. The van der Waals surface area contributed by atoms with Crippen LogP contribution < -0.4 is 5.32 Å². The summed E-state index contributed by atoms with van der Waals surface area (Å²) in [4.78, 5) is 0.579. The Morgan fingerprint density at radius 3 is 2.80 bits per heavy atom. The van der Waals surface area contributed by atoms with Gasteiger partial charge in [-0.2, -0.15) is 8.78 Å². The average molecular weight is 296 g/mol. The molecule has 1 aromatic heterocycles. The Morgan fingerprint density at radius 2 is 2.05 bits per heavy atom. The van der Waals surface area contributed by atoms with Crippen molar-refractivity contribution in [1.82, 2.24) is 4.57 Å². The second kappa shape index (κ2) is 7.33. The summed E-state index contributed by atoms with van der Waals surface area (Å²) in [5, 5.41) is 3.22. The zero-order chi connectivity index (χ0) is 14.4. The zero-order valence-corrected chi connectivity index (χ0v) is 12.2. The van der Waals surface area contributed by atoms with Gasteiger partial charge in [-0.1, -0.05) is 30.8 Å². The highest BCUT2D eigenvalue weighted by Crippen LogP contribution is 2.31. The van der Waals surface area contributed by atoms with E-state index in [0.29, 0.717) is 23.2 Å². The average Bonchev–Trinajstić information content (AvgIpc) is 2.85. The van der Waals surface area contributed by atoms with Gasteiger partial charge in [0, 0.05) is 36.1 Å². The molecule has 0 spiro atoms. The van der Waals surface area contributed by atoms with E-state index < -0.39 is 5.76 Å². The lowest BCUT2D eigenvalue weighted by Crippen LogP contribution is -2.00. The van der Waals surface area contributed by atoms with Crippen molar-refractivity contribution in [2.45, 2.75) is 37.1 Å². The molecular weight excluding hydrogens is 278 g/mol. The van der Waals surface area contributed by atoms with E-state index in [0.717, 1.165) is 24.2 Å². The number of aromatic nitrogens is 1. The molecule has 0 saturated heterocycles. The smallest absolute Gasteiger partial charge is 0.288 e. The maximum atomic E-state index is 12.5. The number of hydrogen-bond acceptors (Lipinski definition) is 2. The van der Waals surface area contributed by atoms with Crippen molar-refractivity contribution in [3.8, 4) is 0 Å². The summed E-state index contributed by atoms with van der Waals surface area (Å²) >= 11 is 0.572. The quantitative estimate of drug-likeness (QED) is 0.737. The van der Waals surface area contributed by atoms with E-state index in [1.807, 2.05) is 24.4 Å². The fraction of sp³-hybridized carbons (Fsp3) is 0.333. The molecule has 0 aliphatic rings. The minimum atomic E-state index is -2.40. The predicted octanol–water partition coefficient (Wildman–Crippen LogP) is 4.82. The topological polar surface area (TPSA) is 17.0 Å². The molecule has 0 fully saturated rings. The molecule has 5 heteroatoms. The van der Waals surface area contributed by atoms with Crippen molar-refractivity contribution in [3.63, 3.8) is 0 Å². The predicted molar refractivity (Wildman–Crippen MR) is 80.4 cm³/mol. The normalized spacial score (nSPS) is 11.0. The van der Waals surface area contributed by atoms with Gasteiger partial charge in [-0.05, 0) is 30.2 Å². The summed E-state index contributed by atoms with van der Waals surface area (Å²) in [5.74, 6) is -2.40. The third kappa shape index (κ3) is 4.27. The van der Waals surface area contributed by atoms with E-state index in [2.05, 4.69) is 23.0 Å². The van der Waals surface area contributed by atoms with Crippen molar-refractivity contribution in [1.29, 1.82) is 0 Å². The lowest BCUT2D eigenvalue weighted by molar-refractivity contribution is 0.252. The molecule has 2 aromatic rings. The number of hydrogen-bond donors (Lipinski definition) is 1. The molecule has 0 atom stereocenters. The molecule has 2 rings (SSSR count). The van der Waals surface area contributed by atoms with Crippen LogP contribution in [0.3, 0.4) is 0 Å². The van der Waals surface area contributed by atoms with Crippen molar-refractivity contribution < 1.29 is 8.78 Å². The second-order valence-corrected chi connectivity index (χ2v) is 5.52. The van der Waals surface area contributed by atoms with Crippen LogP contribution in [0.5, 0.6) is 0 Å². The molecule has 0 unspecified atom stereocenters. The standard InChI is InChI=1S/C15H18F2N2S/c1-2-8-19-9-7-12(11-19)10-18-13-5-3-4-6-14(13)20-15(16)17/h3-7,9,11,15,18H,2,8,10H2,1H3. The summed E-state index contributed by atoms with van der Waals surface area (Å²) in [6.07, 6.45) is 5.22. The fourth-order valence-corrected chi connectivity index (χ4v) is 2.62. The second-order valence-electron chi connectivity index (χ2n) is 4.49. The molecule has 0 aliphatic heterocycles. The summed E-state index contributed by atoms with van der Waals surface area (Å²) in [6, 6.07) is 9.20. The molecule has 0 aliphatic carbocycles. The molecule has 1 heterocycles. The summed E-state index contributed by atoms with van der Waals surface area (Å²) in [6.45, 7) is 3.77. The van der Waals surface area contributed by atoms with Crippen LogP contribution in [0.2, 0.25) is 0 Å². The number of nitrogens with one attached hydrogen (secondary N) is 1. The Balaban J connectivity index is 1.99.